The summed E-state index contributed by atoms with van der Waals surface area (Å²) in [7, 11) is 1.56. The molecule has 4 heteroatoms. The molecule has 1 aromatic rings. The van der Waals surface area contributed by atoms with Crippen LogP contribution >= 0.6 is 0 Å². The molecule has 0 spiro atoms. The van der Waals surface area contributed by atoms with Crippen molar-refractivity contribution in [2.45, 2.75) is 0 Å². The normalized spacial score (nSPS) is 8.77. The van der Waals surface area contributed by atoms with Gasteiger partial charge in [-0.15, -0.1) is 12.1 Å². The monoisotopic (exact) mass is 256 g/mol. The number of hydrogen-bond donors (Lipinski definition) is 1. The Morgan fingerprint density at radius 1 is 1.46 bits per heavy atom. The molecule has 0 saturated heterocycles. The van der Waals surface area contributed by atoms with Crippen LogP contribution in [0.15, 0.2) is 18.2 Å². The van der Waals surface area contributed by atoms with Crippen molar-refractivity contribution in [3.8, 4) is 11.5 Å². The third-order valence-corrected chi connectivity index (χ3v) is 1.36. The largest absolute Gasteiger partial charge is 0.551 e. The first-order chi connectivity index (χ1) is 5.88. The topological polar surface area (TPSA) is 38.7 Å². The standard InChI is InChI=1S/C9H11O3.Y/c1-11-8-4-2-3-5-9(8)12-7-6-10;/h3-5,10H,6-7H2,1H3;/q-1;. The molecule has 0 unspecified atom stereocenters. The van der Waals surface area contributed by atoms with Crippen molar-refractivity contribution in [3.05, 3.63) is 24.3 Å². The maximum Gasteiger partial charge on any atom is 0.108 e. The summed E-state index contributed by atoms with van der Waals surface area (Å²) < 4.78 is 10.2. The molecule has 0 heterocycles. The van der Waals surface area contributed by atoms with Crippen LogP contribution in [0.1, 0.15) is 0 Å². The Morgan fingerprint density at radius 2 is 2.23 bits per heavy atom. The minimum atomic E-state index is 0. The predicted molar refractivity (Wildman–Crippen MR) is 44.4 cm³/mol. The molecular weight excluding hydrogens is 245 g/mol. The Bertz CT molecular complexity index is 240. The summed E-state index contributed by atoms with van der Waals surface area (Å²) in [5.74, 6) is 1.26. The Kier molecular flexibility index (Phi) is 7.24. The molecule has 0 aliphatic rings. The van der Waals surface area contributed by atoms with Gasteiger partial charge in [0.05, 0.1) is 19.5 Å². The van der Waals surface area contributed by atoms with E-state index in [1.807, 2.05) is 0 Å². The maximum absolute atomic E-state index is 8.52. The van der Waals surface area contributed by atoms with Crippen LogP contribution in [0, 0.1) is 6.07 Å². The van der Waals surface area contributed by atoms with Gasteiger partial charge in [0.25, 0.3) is 0 Å². The SMILES string of the molecule is COc1c[c-]ccc1OCCO.[Y]. The van der Waals surface area contributed by atoms with Crippen molar-refractivity contribution >= 4 is 0 Å². The molecule has 1 rings (SSSR count). The number of aliphatic hydroxyl groups is 1. The summed E-state index contributed by atoms with van der Waals surface area (Å²) >= 11 is 0. The molecule has 0 bridgehead atoms. The van der Waals surface area contributed by atoms with E-state index in [4.69, 9.17) is 14.6 Å². The molecule has 3 nitrogen and oxygen atoms in total. The first-order valence-corrected chi connectivity index (χ1v) is 3.66. The van der Waals surface area contributed by atoms with E-state index in [0.717, 1.165) is 0 Å². The van der Waals surface area contributed by atoms with Gasteiger partial charge in [-0.1, -0.05) is 0 Å². The molecule has 1 radical (unpaired) electrons. The van der Waals surface area contributed by atoms with Gasteiger partial charge in [-0.05, 0) is 0 Å². The van der Waals surface area contributed by atoms with E-state index in [-0.39, 0.29) is 45.9 Å². The molecule has 0 saturated carbocycles. The minimum absolute atomic E-state index is 0. The Labute approximate surface area is 103 Å². The van der Waals surface area contributed by atoms with Crippen LogP contribution in [0.4, 0.5) is 0 Å². The fourth-order valence-corrected chi connectivity index (χ4v) is 0.835. The van der Waals surface area contributed by atoms with Crippen molar-refractivity contribution in [2.24, 2.45) is 0 Å². The third kappa shape index (κ3) is 4.07. The van der Waals surface area contributed by atoms with Crippen molar-refractivity contribution in [1.29, 1.82) is 0 Å². The number of aliphatic hydroxyl groups excluding tert-OH is 1. The average Bonchev–Trinajstić information content (AvgIpc) is 2.15. The van der Waals surface area contributed by atoms with E-state index in [2.05, 4.69) is 6.07 Å². The number of hydrogen-bond acceptors (Lipinski definition) is 3. The summed E-state index contributed by atoms with van der Waals surface area (Å²) in [5, 5.41) is 8.52. The van der Waals surface area contributed by atoms with Gasteiger partial charge < -0.3 is 14.6 Å². The average molecular weight is 256 g/mol. The predicted octanol–water partition coefficient (Wildman–Crippen LogP) is 0.864. The van der Waals surface area contributed by atoms with Gasteiger partial charge in [0, 0.05) is 38.5 Å². The van der Waals surface area contributed by atoms with Crippen molar-refractivity contribution in [2.75, 3.05) is 20.3 Å². The van der Waals surface area contributed by atoms with Gasteiger partial charge in [0.2, 0.25) is 0 Å². The molecular formula is C9H11O3Y-. The number of rotatable bonds is 4. The Morgan fingerprint density at radius 3 is 2.85 bits per heavy atom. The minimum Gasteiger partial charge on any atom is -0.551 e. The second kappa shape index (κ2) is 7.30. The zero-order chi connectivity index (χ0) is 8.81. The molecule has 1 N–H and O–H groups in total. The number of methoxy groups -OCH3 is 1. The van der Waals surface area contributed by atoms with E-state index < -0.39 is 0 Å². The third-order valence-electron chi connectivity index (χ3n) is 1.36. The molecule has 13 heavy (non-hydrogen) atoms. The zero-order valence-electron chi connectivity index (χ0n) is 7.49. The molecule has 0 aliphatic carbocycles. The summed E-state index contributed by atoms with van der Waals surface area (Å²) in [6, 6.07) is 8.02. The van der Waals surface area contributed by atoms with E-state index in [9.17, 15) is 0 Å². The molecule has 0 amide bonds. The number of ether oxygens (including phenoxy) is 2. The molecule has 0 aromatic heterocycles. The van der Waals surface area contributed by atoms with Gasteiger partial charge in [0.15, 0.2) is 0 Å². The second-order valence-corrected chi connectivity index (χ2v) is 2.15. The second-order valence-electron chi connectivity index (χ2n) is 2.15. The Hall–Kier alpha value is -0.116. The molecule has 0 atom stereocenters. The van der Waals surface area contributed by atoms with E-state index in [1.54, 1.807) is 25.3 Å². The molecule has 0 aliphatic heterocycles. The van der Waals surface area contributed by atoms with Gasteiger partial charge in [-0.2, -0.15) is 12.1 Å². The smallest absolute Gasteiger partial charge is 0.108 e. The first-order valence-electron chi connectivity index (χ1n) is 3.66. The zero-order valence-corrected chi connectivity index (χ0v) is 10.3. The quantitative estimate of drug-likeness (QED) is 0.812. The van der Waals surface area contributed by atoms with Gasteiger partial charge >= 0.3 is 0 Å². The van der Waals surface area contributed by atoms with Crippen molar-refractivity contribution in [3.63, 3.8) is 0 Å². The van der Waals surface area contributed by atoms with Crippen LogP contribution in [0.25, 0.3) is 0 Å². The fourth-order valence-electron chi connectivity index (χ4n) is 0.835. The summed E-state index contributed by atoms with van der Waals surface area (Å²) in [6.07, 6.45) is 0. The van der Waals surface area contributed by atoms with Gasteiger partial charge in [0.1, 0.15) is 6.61 Å². The van der Waals surface area contributed by atoms with E-state index in [0.29, 0.717) is 11.5 Å². The van der Waals surface area contributed by atoms with E-state index in [1.165, 1.54) is 0 Å². The van der Waals surface area contributed by atoms with Crippen molar-refractivity contribution < 1.29 is 47.3 Å². The molecule has 69 valence electrons. The van der Waals surface area contributed by atoms with Crippen LogP contribution < -0.4 is 9.47 Å². The van der Waals surface area contributed by atoms with Crippen LogP contribution in [0.5, 0.6) is 11.5 Å². The van der Waals surface area contributed by atoms with Crippen molar-refractivity contribution in [1.82, 2.24) is 0 Å². The Balaban J connectivity index is 0.00000144. The summed E-state index contributed by atoms with van der Waals surface area (Å²) in [4.78, 5) is 0. The molecule has 1 aromatic carbocycles. The summed E-state index contributed by atoms with van der Waals surface area (Å²) in [6.45, 7) is 0.280. The van der Waals surface area contributed by atoms with Crippen LogP contribution in [0.3, 0.4) is 0 Å². The molecule has 0 fully saturated rings. The van der Waals surface area contributed by atoms with Gasteiger partial charge in [-0.25, -0.2) is 0 Å². The van der Waals surface area contributed by atoms with Crippen LogP contribution in [0.2, 0.25) is 0 Å². The summed E-state index contributed by atoms with van der Waals surface area (Å²) in [5.41, 5.74) is 0. The number of benzene rings is 1. The van der Waals surface area contributed by atoms with Crippen LogP contribution in [-0.2, 0) is 32.7 Å². The van der Waals surface area contributed by atoms with Gasteiger partial charge in [-0.3, -0.25) is 0 Å². The first kappa shape index (κ1) is 12.9. The van der Waals surface area contributed by atoms with Crippen LogP contribution in [-0.4, -0.2) is 25.4 Å². The maximum atomic E-state index is 8.52. The van der Waals surface area contributed by atoms with E-state index >= 15 is 0 Å². The fraction of sp³-hybridized carbons (Fsp3) is 0.333.